The fourth-order valence-electron chi connectivity index (χ4n) is 3.22. The third-order valence-electron chi connectivity index (χ3n) is 4.47. The molecule has 0 aromatic heterocycles. The van der Waals surface area contributed by atoms with E-state index in [-0.39, 0.29) is 23.2 Å². The highest BCUT2D eigenvalue weighted by Gasteiger charge is 2.41. The summed E-state index contributed by atoms with van der Waals surface area (Å²) in [6.07, 6.45) is 5.59. The Hall–Kier alpha value is -1.26. The molecule has 1 atom stereocenters. The van der Waals surface area contributed by atoms with E-state index in [1.54, 1.807) is 6.07 Å². The highest BCUT2D eigenvalue weighted by atomic mass is 35.5. The second-order valence-corrected chi connectivity index (χ2v) is 6.30. The highest BCUT2D eigenvalue weighted by Crippen LogP contribution is 2.38. The minimum atomic E-state index is -0.202. The molecule has 1 heterocycles. The standard InChI is InChI=1S/C15H19ClN2O2/c16-13-3-2-11(19)8-12(13)14(20)18-10-4-7-17-15(9-10)5-1-6-15/h2-3,8,10,17,19H,1,4-7,9H2,(H,18,20). The van der Waals surface area contributed by atoms with Gasteiger partial charge in [-0.1, -0.05) is 11.6 Å². The van der Waals surface area contributed by atoms with Crippen molar-refractivity contribution in [2.24, 2.45) is 0 Å². The first-order chi connectivity index (χ1) is 9.58. The summed E-state index contributed by atoms with van der Waals surface area (Å²) in [5.74, 6) is -0.146. The molecule has 5 heteroatoms. The van der Waals surface area contributed by atoms with Crippen LogP contribution in [0, 0.1) is 0 Å². The first-order valence-electron chi connectivity index (χ1n) is 7.12. The van der Waals surface area contributed by atoms with Gasteiger partial charge in [0, 0.05) is 11.6 Å². The Morgan fingerprint density at radius 2 is 2.25 bits per heavy atom. The predicted octanol–water partition coefficient (Wildman–Crippen LogP) is 2.45. The molecule has 1 unspecified atom stereocenters. The molecule has 20 heavy (non-hydrogen) atoms. The average molecular weight is 295 g/mol. The van der Waals surface area contributed by atoms with Crippen LogP contribution in [-0.4, -0.2) is 29.1 Å². The topological polar surface area (TPSA) is 61.4 Å². The molecule has 2 fully saturated rings. The molecule has 3 rings (SSSR count). The summed E-state index contributed by atoms with van der Waals surface area (Å²) < 4.78 is 0. The van der Waals surface area contributed by atoms with Crippen LogP contribution in [0.25, 0.3) is 0 Å². The number of carbonyl (C=O) groups excluding carboxylic acids is 1. The van der Waals surface area contributed by atoms with Gasteiger partial charge in [-0.3, -0.25) is 4.79 Å². The van der Waals surface area contributed by atoms with E-state index in [2.05, 4.69) is 10.6 Å². The van der Waals surface area contributed by atoms with Crippen LogP contribution in [0.5, 0.6) is 5.75 Å². The largest absolute Gasteiger partial charge is 0.508 e. The van der Waals surface area contributed by atoms with Crippen molar-refractivity contribution in [1.82, 2.24) is 10.6 Å². The van der Waals surface area contributed by atoms with E-state index in [1.807, 2.05) is 0 Å². The van der Waals surface area contributed by atoms with Crippen LogP contribution in [0.15, 0.2) is 18.2 Å². The van der Waals surface area contributed by atoms with E-state index >= 15 is 0 Å². The molecule has 1 aromatic carbocycles. The third-order valence-corrected chi connectivity index (χ3v) is 4.80. The van der Waals surface area contributed by atoms with E-state index in [1.165, 1.54) is 31.4 Å². The molecule has 1 aliphatic heterocycles. The maximum absolute atomic E-state index is 12.3. The van der Waals surface area contributed by atoms with E-state index in [0.29, 0.717) is 10.6 Å². The second kappa shape index (κ2) is 5.26. The monoisotopic (exact) mass is 294 g/mol. The SMILES string of the molecule is O=C(NC1CCNC2(CCC2)C1)c1cc(O)ccc1Cl. The van der Waals surface area contributed by atoms with Crippen molar-refractivity contribution in [2.45, 2.75) is 43.7 Å². The molecule has 0 radical (unpaired) electrons. The quantitative estimate of drug-likeness (QED) is 0.785. The average Bonchev–Trinajstić information content (AvgIpc) is 2.40. The fraction of sp³-hybridized carbons (Fsp3) is 0.533. The van der Waals surface area contributed by atoms with Gasteiger partial charge in [-0.15, -0.1) is 0 Å². The Kier molecular flexibility index (Phi) is 3.61. The second-order valence-electron chi connectivity index (χ2n) is 5.89. The molecular formula is C15H19ClN2O2. The van der Waals surface area contributed by atoms with Gasteiger partial charge in [0.15, 0.2) is 0 Å². The number of nitrogens with one attached hydrogen (secondary N) is 2. The van der Waals surface area contributed by atoms with Crippen molar-refractivity contribution in [3.63, 3.8) is 0 Å². The lowest BCUT2D eigenvalue weighted by atomic mass is 9.70. The number of amides is 1. The van der Waals surface area contributed by atoms with Crippen LogP contribution < -0.4 is 10.6 Å². The van der Waals surface area contributed by atoms with Crippen LogP contribution in [-0.2, 0) is 0 Å². The van der Waals surface area contributed by atoms with Gasteiger partial charge in [-0.05, 0) is 56.8 Å². The molecule has 1 aromatic rings. The van der Waals surface area contributed by atoms with Crippen LogP contribution in [0.3, 0.4) is 0 Å². The number of hydrogen-bond acceptors (Lipinski definition) is 3. The van der Waals surface area contributed by atoms with Crippen molar-refractivity contribution in [1.29, 1.82) is 0 Å². The lowest BCUT2D eigenvalue weighted by molar-refractivity contribution is 0.0853. The van der Waals surface area contributed by atoms with Crippen LogP contribution in [0.4, 0.5) is 0 Å². The Balaban J connectivity index is 1.67. The van der Waals surface area contributed by atoms with Gasteiger partial charge in [0.05, 0.1) is 10.6 Å². The van der Waals surface area contributed by atoms with Gasteiger partial charge in [0.1, 0.15) is 5.75 Å². The Bertz CT molecular complexity index is 529. The summed E-state index contributed by atoms with van der Waals surface area (Å²) in [7, 11) is 0. The summed E-state index contributed by atoms with van der Waals surface area (Å²) in [4.78, 5) is 12.3. The number of piperidine rings is 1. The number of phenols is 1. The number of halogens is 1. The Morgan fingerprint density at radius 3 is 2.95 bits per heavy atom. The van der Waals surface area contributed by atoms with Gasteiger partial charge in [0.2, 0.25) is 0 Å². The molecule has 2 aliphatic rings. The van der Waals surface area contributed by atoms with Gasteiger partial charge in [-0.2, -0.15) is 0 Å². The summed E-state index contributed by atoms with van der Waals surface area (Å²) in [5, 5.41) is 16.5. The number of benzene rings is 1. The molecule has 1 spiro atoms. The normalized spacial score (nSPS) is 24.1. The molecule has 1 amide bonds. The van der Waals surface area contributed by atoms with Gasteiger partial charge in [-0.25, -0.2) is 0 Å². The first kappa shape index (κ1) is 13.7. The summed E-state index contributed by atoms with van der Waals surface area (Å²) in [6, 6.07) is 4.62. The maximum atomic E-state index is 12.3. The predicted molar refractivity (Wildman–Crippen MR) is 78.2 cm³/mol. The van der Waals surface area contributed by atoms with Gasteiger partial charge < -0.3 is 15.7 Å². The zero-order chi connectivity index (χ0) is 14.2. The summed E-state index contributed by atoms with van der Waals surface area (Å²) in [5.41, 5.74) is 0.589. The van der Waals surface area contributed by atoms with Crippen LogP contribution >= 0.6 is 11.6 Å². The molecule has 1 saturated heterocycles. The maximum Gasteiger partial charge on any atom is 0.253 e. The van der Waals surface area contributed by atoms with Gasteiger partial charge in [0.25, 0.3) is 5.91 Å². The minimum Gasteiger partial charge on any atom is -0.508 e. The number of rotatable bonds is 2. The van der Waals surface area contributed by atoms with Crippen molar-refractivity contribution < 1.29 is 9.90 Å². The lowest BCUT2D eigenvalue weighted by Gasteiger charge is -2.48. The third kappa shape index (κ3) is 2.63. The molecule has 1 aliphatic carbocycles. The zero-order valence-corrected chi connectivity index (χ0v) is 12.0. The van der Waals surface area contributed by atoms with Crippen LogP contribution in [0.2, 0.25) is 5.02 Å². The molecular weight excluding hydrogens is 276 g/mol. The fourth-order valence-corrected chi connectivity index (χ4v) is 3.42. The Morgan fingerprint density at radius 1 is 1.45 bits per heavy atom. The van der Waals surface area contributed by atoms with Crippen molar-refractivity contribution in [2.75, 3.05) is 6.54 Å². The molecule has 1 saturated carbocycles. The highest BCUT2D eigenvalue weighted by molar-refractivity contribution is 6.33. The Labute approximate surface area is 123 Å². The van der Waals surface area contributed by atoms with E-state index in [0.717, 1.165) is 19.4 Å². The zero-order valence-electron chi connectivity index (χ0n) is 11.3. The lowest BCUT2D eigenvalue weighted by Crippen LogP contribution is -2.59. The van der Waals surface area contributed by atoms with Crippen molar-refractivity contribution >= 4 is 17.5 Å². The van der Waals surface area contributed by atoms with Gasteiger partial charge >= 0.3 is 0 Å². The number of aromatic hydroxyl groups is 1. The van der Waals surface area contributed by atoms with E-state index in [9.17, 15) is 9.90 Å². The molecule has 3 N–H and O–H groups in total. The molecule has 0 bridgehead atoms. The minimum absolute atomic E-state index is 0.0559. The van der Waals surface area contributed by atoms with Crippen LogP contribution in [0.1, 0.15) is 42.5 Å². The van der Waals surface area contributed by atoms with E-state index < -0.39 is 0 Å². The van der Waals surface area contributed by atoms with Crippen molar-refractivity contribution in [3.8, 4) is 5.75 Å². The van der Waals surface area contributed by atoms with E-state index in [4.69, 9.17) is 11.6 Å². The summed E-state index contributed by atoms with van der Waals surface area (Å²) >= 11 is 6.02. The number of phenolic OH excluding ortho intramolecular Hbond substituents is 1. The number of hydrogen-bond donors (Lipinski definition) is 3. The summed E-state index contributed by atoms with van der Waals surface area (Å²) in [6.45, 7) is 0.943. The first-order valence-corrected chi connectivity index (χ1v) is 7.50. The molecule has 4 nitrogen and oxygen atoms in total. The van der Waals surface area contributed by atoms with Crippen molar-refractivity contribution in [3.05, 3.63) is 28.8 Å². The molecule has 108 valence electrons. The number of carbonyl (C=O) groups is 1. The smallest absolute Gasteiger partial charge is 0.253 e.